The second-order valence-corrected chi connectivity index (χ2v) is 11.1. The van der Waals surface area contributed by atoms with Crippen LogP contribution in [0.1, 0.15) is 24.8 Å². The molecule has 0 aliphatic carbocycles. The Morgan fingerprint density at radius 2 is 2.06 bits per heavy atom. The summed E-state index contributed by atoms with van der Waals surface area (Å²) in [4.78, 5) is 29.4. The van der Waals surface area contributed by atoms with Gasteiger partial charge in [-0.25, -0.2) is 13.2 Å². The van der Waals surface area contributed by atoms with Gasteiger partial charge in [0, 0.05) is 38.6 Å². The van der Waals surface area contributed by atoms with Crippen LogP contribution in [0.3, 0.4) is 0 Å². The van der Waals surface area contributed by atoms with Crippen molar-refractivity contribution in [2.45, 2.75) is 36.2 Å². The lowest BCUT2D eigenvalue weighted by molar-refractivity contribution is 0.0794. The Bertz CT molecular complexity index is 1560. The monoisotopic (exact) mass is 511 g/mol. The van der Waals surface area contributed by atoms with E-state index in [1.165, 1.54) is 24.7 Å². The first-order valence-electron chi connectivity index (χ1n) is 11.4. The zero-order valence-electron chi connectivity index (χ0n) is 19.8. The predicted molar refractivity (Wildman–Crippen MR) is 130 cm³/mol. The molecule has 188 valence electrons. The van der Waals surface area contributed by atoms with E-state index in [-0.39, 0.29) is 23.4 Å². The Labute approximate surface area is 207 Å². The quantitative estimate of drug-likeness (QED) is 0.540. The summed E-state index contributed by atoms with van der Waals surface area (Å²) in [6.45, 7) is 1.02. The third-order valence-corrected chi connectivity index (χ3v) is 8.90. The van der Waals surface area contributed by atoms with Gasteiger partial charge in [0.2, 0.25) is 10.0 Å². The lowest BCUT2D eigenvalue weighted by Crippen LogP contribution is -2.48. The number of aromatic nitrogens is 3. The van der Waals surface area contributed by atoms with E-state index in [1.807, 2.05) is 0 Å². The number of aromatic amines is 1. The number of benzene rings is 1. The highest BCUT2D eigenvalue weighted by molar-refractivity contribution is 7.89. The number of ether oxygens (including phenoxy) is 1. The maximum Gasteiger partial charge on any atom is 0.409 e. The van der Waals surface area contributed by atoms with Crippen molar-refractivity contribution < 1.29 is 17.9 Å². The van der Waals surface area contributed by atoms with Gasteiger partial charge in [-0.05, 0) is 42.7 Å². The summed E-state index contributed by atoms with van der Waals surface area (Å²) in [6.07, 6.45) is 2.18. The molecule has 5 rings (SSSR count). The maximum atomic E-state index is 12.9. The van der Waals surface area contributed by atoms with Gasteiger partial charge in [0.05, 0.1) is 35.6 Å². The molecule has 12 nitrogen and oxygen atoms in total. The van der Waals surface area contributed by atoms with Crippen molar-refractivity contribution in [1.29, 1.82) is 5.26 Å². The molecule has 2 aliphatic rings. The van der Waals surface area contributed by atoms with Crippen LogP contribution in [-0.4, -0.2) is 65.7 Å². The molecule has 0 bridgehead atoms. The number of sulfonamides is 1. The Balaban J connectivity index is 1.56. The lowest BCUT2D eigenvalue weighted by atomic mass is 9.85. The van der Waals surface area contributed by atoms with Gasteiger partial charge in [-0.3, -0.25) is 9.48 Å². The molecule has 0 spiro atoms. The molecule has 36 heavy (non-hydrogen) atoms. The number of fused-ring (bicyclic) bond motifs is 2. The van der Waals surface area contributed by atoms with Crippen LogP contribution >= 0.6 is 0 Å². The molecular formula is C23H25N7O5S. The maximum absolute atomic E-state index is 12.9. The van der Waals surface area contributed by atoms with Crippen molar-refractivity contribution in [2.24, 2.45) is 0 Å². The second-order valence-electron chi connectivity index (χ2n) is 9.05. The Morgan fingerprint density at radius 3 is 2.75 bits per heavy atom. The number of nitriles is 1. The number of hydrogen-bond acceptors (Lipinski definition) is 8. The normalized spacial score (nSPS) is 18.5. The van der Waals surface area contributed by atoms with Crippen molar-refractivity contribution in [2.75, 3.05) is 32.6 Å². The molecule has 3 aromatic rings. The summed E-state index contributed by atoms with van der Waals surface area (Å²) in [5, 5.41) is 17.9. The van der Waals surface area contributed by atoms with Crippen LogP contribution in [0, 0.1) is 11.3 Å². The van der Waals surface area contributed by atoms with Crippen molar-refractivity contribution in [3.8, 4) is 6.07 Å². The topological polar surface area (TPSA) is 153 Å². The highest BCUT2D eigenvalue weighted by Gasteiger charge is 2.40. The number of amides is 1. The van der Waals surface area contributed by atoms with Gasteiger partial charge in [0.1, 0.15) is 5.39 Å². The predicted octanol–water partition coefficient (Wildman–Crippen LogP) is 2.07. The van der Waals surface area contributed by atoms with Crippen molar-refractivity contribution in [3.63, 3.8) is 0 Å². The minimum atomic E-state index is -3.49. The van der Waals surface area contributed by atoms with Crippen molar-refractivity contribution in [1.82, 2.24) is 24.0 Å². The number of carbonyl (C=O) groups is 1. The lowest BCUT2D eigenvalue weighted by Gasteiger charge is -2.40. The Kier molecular flexibility index (Phi) is 5.73. The van der Waals surface area contributed by atoms with E-state index in [2.05, 4.69) is 16.4 Å². The number of hydrogen-bond donors (Lipinski definition) is 2. The van der Waals surface area contributed by atoms with E-state index in [0.29, 0.717) is 53.9 Å². The number of likely N-dealkylation sites (tertiary alicyclic amines) is 1. The average molecular weight is 512 g/mol. The van der Waals surface area contributed by atoms with E-state index in [9.17, 15) is 23.3 Å². The number of nitrogens with zero attached hydrogens (tertiary/aromatic N) is 5. The van der Waals surface area contributed by atoms with Crippen molar-refractivity contribution >= 4 is 38.5 Å². The second kappa shape index (κ2) is 8.65. The molecule has 1 fully saturated rings. The van der Waals surface area contributed by atoms with Gasteiger partial charge in [0.25, 0.3) is 5.56 Å². The van der Waals surface area contributed by atoms with E-state index >= 15 is 0 Å². The zero-order valence-corrected chi connectivity index (χ0v) is 20.6. The molecule has 13 heteroatoms. The molecule has 0 atom stereocenters. The molecular weight excluding hydrogens is 486 g/mol. The number of pyridine rings is 1. The first-order valence-corrected chi connectivity index (χ1v) is 12.8. The zero-order chi connectivity index (χ0) is 25.7. The van der Waals surface area contributed by atoms with Gasteiger partial charge in [-0.15, -0.1) is 0 Å². The molecule has 2 aromatic heterocycles. The fourth-order valence-electron chi connectivity index (χ4n) is 5.03. The number of methoxy groups -OCH3 is 1. The minimum absolute atomic E-state index is 0.147. The molecule has 0 radical (unpaired) electrons. The number of piperidine rings is 1. The van der Waals surface area contributed by atoms with Crippen LogP contribution in [0.15, 0.2) is 40.2 Å². The summed E-state index contributed by atoms with van der Waals surface area (Å²) in [5.74, 6) is 0.300. The molecule has 2 aliphatic heterocycles. The Morgan fingerprint density at radius 1 is 1.31 bits per heavy atom. The smallest absolute Gasteiger partial charge is 0.409 e. The molecule has 1 amide bonds. The fourth-order valence-corrected chi connectivity index (χ4v) is 6.37. The summed E-state index contributed by atoms with van der Waals surface area (Å²) >= 11 is 0. The number of rotatable bonds is 4. The third-order valence-electron chi connectivity index (χ3n) is 6.99. The van der Waals surface area contributed by atoms with Gasteiger partial charge >= 0.3 is 6.09 Å². The molecule has 0 unspecified atom stereocenters. The van der Waals surface area contributed by atoms with Gasteiger partial charge in [0.15, 0.2) is 5.82 Å². The van der Waals surface area contributed by atoms with E-state index in [1.54, 1.807) is 33.8 Å². The van der Waals surface area contributed by atoms with Crippen LogP contribution in [0.25, 0.3) is 10.9 Å². The number of H-pyrrole nitrogens is 1. The summed E-state index contributed by atoms with van der Waals surface area (Å²) in [5.41, 5.74) is 0.732. The number of carbonyl (C=O) groups excluding carboxylic acids is 1. The first kappa shape index (κ1) is 23.8. The van der Waals surface area contributed by atoms with Gasteiger partial charge < -0.3 is 19.9 Å². The SMILES string of the molecule is COC(=O)N1CCC(CC#N)(n2nc(Nc3ccc4c(c3)CN(C)S4(=O)=O)c3c(=O)[nH]ccc32)CC1. The number of anilines is 2. The summed E-state index contributed by atoms with van der Waals surface area (Å²) in [7, 11) is -0.634. The highest BCUT2D eigenvalue weighted by atomic mass is 32.2. The first-order chi connectivity index (χ1) is 17.2. The van der Waals surface area contributed by atoms with Crippen LogP contribution < -0.4 is 10.9 Å². The van der Waals surface area contributed by atoms with Crippen LogP contribution in [0.2, 0.25) is 0 Å². The standard InChI is InChI=1S/C23H25N7O5S/c1-28-14-15-13-16(3-4-18(15)36(28,33)34)26-20-19-17(5-10-25-21(19)31)30(27-20)23(6-9-24)7-11-29(12-8-23)22(32)35-2/h3-5,10,13H,6-8,11-12,14H2,1-2H3,(H,25,31)(H,26,27). The van der Waals surface area contributed by atoms with E-state index < -0.39 is 21.7 Å². The summed E-state index contributed by atoms with van der Waals surface area (Å²) in [6, 6.07) is 8.90. The van der Waals surface area contributed by atoms with Crippen LogP contribution in [-0.2, 0) is 26.8 Å². The largest absolute Gasteiger partial charge is 0.453 e. The third kappa shape index (κ3) is 3.69. The van der Waals surface area contributed by atoms with Crippen LogP contribution in [0.5, 0.6) is 0 Å². The highest BCUT2D eigenvalue weighted by Crippen LogP contribution is 2.38. The van der Waals surface area contributed by atoms with Gasteiger partial charge in [-0.1, -0.05) is 0 Å². The number of nitrogens with one attached hydrogen (secondary N) is 2. The molecule has 1 aromatic carbocycles. The average Bonchev–Trinajstić information content (AvgIpc) is 3.34. The van der Waals surface area contributed by atoms with E-state index in [0.717, 1.165) is 0 Å². The van der Waals surface area contributed by atoms with Crippen LogP contribution in [0.4, 0.5) is 16.3 Å². The molecule has 4 heterocycles. The summed E-state index contributed by atoms with van der Waals surface area (Å²) < 4.78 is 32.7. The van der Waals surface area contributed by atoms with Crippen molar-refractivity contribution in [3.05, 3.63) is 46.4 Å². The van der Waals surface area contributed by atoms with Gasteiger partial charge in [-0.2, -0.15) is 14.7 Å². The molecule has 1 saturated heterocycles. The fraction of sp³-hybridized carbons (Fsp3) is 0.391. The molecule has 0 saturated carbocycles. The van der Waals surface area contributed by atoms with E-state index in [4.69, 9.17) is 9.84 Å². The Hall–Kier alpha value is -3.89. The minimum Gasteiger partial charge on any atom is -0.453 e. The molecule has 2 N–H and O–H groups in total.